The van der Waals surface area contributed by atoms with Crippen molar-refractivity contribution >= 4 is 11.8 Å². The molecule has 1 aromatic rings. The summed E-state index contributed by atoms with van der Waals surface area (Å²) in [7, 11) is 0. The Hall–Kier alpha value is -0.470. The van der Waals surface area contributed by atoms with Crippen molar-refractivity contribution in [3.63, 3.8) is 0 Å². The van der Waals surface area contributed by atoms with Crippen molar-refractivity contribution in [2.75, 3.05) is 0 Å². The third-order valence-corrected chi connectivity index (χ3v) is 4.20. The van der Waals surface area contributed by atoms with E-state index in [0.717, 1.165) is 12.2 Å². The average Bonchev–Trinajstić information content (AvgIpc) is 2.63. The summed E-state index contributed by atoms with van der Waals surface area (Å²) in [6, 6.07) is 10.5. The van der Waals surface area contributed by atoms with Crippen molar-refractivity contribution in [1.29, 1.82) is 0 Å². The molecule has 0 aliphatic heterocycles. The zero-order chi connectivity index (χ0) is 9.80. The van der Waals surface area contributed by atoms with Crippen LogP contribution in [0, 0.1) is 0 Å². The fourth-order valence-electron chi connectivity index (χ4n) is 1.88. The first kappa shape index (κ1) is 10.1. The van der Waals surface area contributed by atoms with Gasteiger partial charge >= 0.3 is 0 Å². The maximum Gasteiger partial charge on any atom is 0.0658 e. The van der Waals surface area contributed by atoms with E-state index in [0.29, 0.717) is 5.25 Å². The Morgan fingerprint density at radius 1 is 1.21 bits per heavy atom. The van der Waals surface area contributed by atoms with E-state index in [2.05, 4.69) is 24.3 Å². The van der Waals surface area contributed by atoms with Crippen LogP contribution in [0.25, 0.3) is 0 Å². The molecule has 1 aliphatic carbocycles. The smallest absolute Gasteiger partial charge is 0.0658 e. The maximum absolute atomic E-state index is 9.65. The summed E-state index contributed by atoms with van der Waals surface area (Å²) in [5.74, 6) is 1.03. The van der Waals surface area contributed by atoms with Gasteiger partial charge in [-0.15, -0.1) is 0 Å². The minimum absolute atomic E-state index is 0.0660. The molecule has 1 fully saturated rings. The van der Waals surface area contributed by atoms with Gasteiger partial charge in [0.25, 0.3) is 0 Å². The van der Waals surface area contributed by atoms with Crippen LogP contribution in [0.4, 0.5) is 0 Å². The van der Waals surface area contributed by atoms with Gasteiger partial charge in [-0.2, -0.15) is 11.8 Å². The van der Waals surface area contributed by atoms with E-state index < -0.39 is 0 Å². The number of rotatable bonds is 3. The van der Waals surface area contributed by atoms with Gasteiger partial charge in [0.1, 0.15) is 0 Å². The van der Waals surface area contributed by atoms with Crippen molar-refractivity contribution < 1.29 is 5.11 Å². The minimum atomic E-state index is -0.0660. The molecule has 0 bridgehead atoms. The van der Waals surface area contributed by atoms with Crippen LogP contribution < -0.4 is 0 Å². The largest absolute Gasteiger partial charge is 0.392 e. The van der Waals surface area contributed by atoms with Crippen molar-refractivity contribution in [2.45, 2.75) is 36.4 Å². The van der Waals surface area contributed by atoms with Crippen molar-refractivity contribution in [1.82, 2.24) is 0 Å². The second kappa shape index (κ2) is 4.85. The predicted octanol–water partition coefficient (Wildman–Crippen LogP) is 2.83. The van der Waals surface area contributed by atoms with E-state index in [4.69, 9.17) is 0 Å². The molecule has 0 radical (unpaired) electrons. The number of hydrogen-bond donors (Lipinski definition) is 1. The van der Waals surface area contributed by atoms with Gasteiger partial charge in [-0.25, -0.2) is 0 Å². The molecule has 2 heteroatoms. The topological polar surface area (TPSA) is 20.2 Å². The Morgan fingerprint density at radius 2 is 2.00 bits per heavy atom. The van der Waals surface area contributed by atoms with Gasteiger partial charge in [-0.05, 0) is 24.8 Å². The van der Waals surface area contributed by atoms with Gasteiger partial charge in [0, 0.05) is 11.0 Å². The second-order valence-electron chi connectivity index (χ2n) is 3.83. The molecule has 1 N–H and O–H groups in total. The molecule has 1 unspecified atom stereocenters. The highest BCUT2D eigenvalue weighted by Gasteiger charge is 2.25. The van der Waals surface area contributed by atoms with E-state index >= 15 is 0 Å². The predicted molar refractivity (Wildman–Crippen MR) is 61.4 cm³/mol. The third kappa shape index (κ3) is 2.52. The summed E-state index contributed by atoms with van der Waals surface area (Å²) in [4.78, 5) is 0. The molecule has 0 aromatic heterocycles. The van der Waals surface area contributed by atoms with E-state index in [9.17, 15) is 5.11 Å². The first-order valence-corrected chi connectivity index (χ1v) is 6.25. The number of thioether (sulfide) groups is 1. The summed E-state index contributed by atoms with van der Waals surface area (Å²) in [5.41, 5.74) is 1.36. The van der Waals surface area contributed by atoms with Crippen LogP contribution in [-0.4, -0.2) is 16.5 Å². The molecule has 1 saturated carbocycles. The maximum atomic E-state index is 9.65. The quantitative estimate of drug-likeness (QED) is 0.824. The van der Waals surface area contributed by atoms with Crippen molar-refractivity contribution in [3.8, 4) is 0 Å². The van der Waals surface area contributed by atoms with Crippen LogP contribution in [-0.2, 0) is 5.75 Å². The standard InChI is InChI=1S/C12H16OS/c13-11-7-4-8-12(11)14-9-10-5-2-1-3-6-10/h1-3,5-6,11-13H,4,7-9H2/t11-,12?/m0/s1. The van der Waals surface area contributed by atoms with Gasteiger partial charge in [0.2, 0.25) is 0 Å². The molecular formula is C12H16OS. The molecule has 0 heterocycles. The lowest BCUT2D eigenvalue weighted by molar-refractivity contribution is 0.188. The highest BCUT2D eigenvalue weighted by atomic mass is 32.2. The van der Waals surface area contributed by atoms with Crippen LogP contribution in [0.15, 0.2) is 30.3 Å². The molecular weight excluding hydrogens is 192 g/mol. The molecule has 1 nitrogen and oxygen atoms in total. The lowest BCUT2D eigenvalue weighted by atomic mass is 10.2. The van der Waals surface area contributed by atoms with Crippen LogP contribution in [0.2, 0.25) is 0 Å². The molecule has 0 saturated heterocycles. The number of benzene rings is 1. The van der Waals surface area contributed by atoms with E-state index in [1.807, 2.05) is 17.8 Å². The Labute approximate surface area is 89.5 Å². The molecule has 1 aromatic carbocycles. The summed E-state index contributed by atoms with van der Waals surface area (Å²) < 4.78 is 0. The highest BCUT2D eigenvalue weighted by molar-refractivity contribution is 7.99. The number of aliphatic hydroxyl groups excluding tert-OH is 1. The fourth-order valence-corrected chi connectivity index (χ4v) is 3.17. The van der Waals surface area contributed by atoms with Gasteiger partial charge in [0.15, 0.2) is 0 Å². The first-order chi connectivity index (χ1) is 6.86. The van der Waals surface area contributed by atoms with Crippen molar-refractivity contribution in [2.24, 2.45) is 0 Å². The SMILES string of the molecule is O[C@H]1CCCC1SCc1ccccc1. The van der Waals surface area contributed by atoms with Gasteiger partial charge in [-0.3, -0.25) is 0 Å². The molecule has 2 rings (SSSR count). The molecule has 1 aliphatic rings. The summed E-state index contributed by atoms with van der Waals surface area (Å²) >= 11 is 1.90. The monoisotopic (exact) mass is 208 g/mol. The normalized spacial score (nSPS) is 26.6. The third-order valence-electron chi connectivity index (χ3n) is 2.72. The summed E-state index contributed by atoms with van der Waals surface area (Å²) in [5, 5.41) is 10.1. The van der Waals surface area contributed by atoms with Gasteiger partial charge < -0.3 is 5.11 Å². The number of aliphatic hydroxyl groups is 1. The average molecular weight is 208 g/mol. The van der Waals surface area contributed by atoms with E-state index in [-0.39, 0.29) is 6.10 Å². The zero-order valence-electron chi connectivity index (χ0n) is 8.23. The van der Waals surface area contributed by atoms with E-state index in [1.54, 1.807) is 0 Å². The second-order valence-corrected chi connectivity index (χ2v) is 5.06. The van der Waals surface area contributed by atoms with Crippen molar-refractivity contribution in [3.05, 3.63) is 35.9 Å². The summed E-state index contributed by atoms with van der Waals surface area (Å²) in [6.45, 7) is 0. The summed E-state index contributed by atoms with van der Waals surface area (Å²) in [6.07, 6.45) is 3.29. The molecule has 2 atom stereocenters. The molecule has 0 spiro atoms. The minimum Gasteiger partial charge on any atom is -0.392 e. The lowest BCUT2D eigenvalue weighted by Crippen LogP contribution is -2.15. The van der Waals surface area contributed by atoms with Crippen LogP contribution in [0.3, 0.4) is 0 Å². The van der Waals surface area contributed by atoms with Crippen LogP contribution in [0.1, 0.15) is 24.8 Å². The highest BCUT2D eigenvalue weighted by Crippen LogP contribution is 2.31. The van der Waals surface area contributed by atoms with Crippen LogP contribution >= 0.6 is 11.8 Å². The molecule has 14 heavy (non-hydrogen) atoms. The lowest BCUT2D eigenvalue weighted by Gasteiger charge is -2.13. The molecule has 0 amide bonds. The zero-order valence-corrected chi connectivity index (χ0v) is 9.04. The first-order valence-electron chi connectivity index (χ1n) is 5.20. The fraction of sp³-hybridized carbons (Fsp3) is 0.500. The van der Waals surface area contributed by atoms with Crippen LogP contribution in [0.5, 0.6) is 0 Å². The Bertz CT molecular complexity index is 273. The van der Waals surface area contributed by atoms with E-state index in [1.165, 1.54) is 18.4 Å². The van der Waals surface area contributed by atoms with Gasteiger partial charge in [0.05, 0.1) is 6.10 Å². The Balaban J connectivity index is 1.82. The Kier molecular flexibility index (Phi) is 3.49. The Morgan fingerprint density at radius 3 is 2.64 bits per heavy atom. The number of hydrogen-bond acceptors (Lipinski definition) is 2. The molecule has 76 valence electrons. The van der Waals surface area contributed by atoms with Gasteiger partial charge in [-0.1, -0.05) is 30.3 Å².